The van der Waals surface area contributed by atoms with E-state index >= 15 is 0 Å². The van der Waals surface area contributed by atoms with Crippen LogP contribution >= 0.6 is 12.4 Å². The van der Waals surface area contributed by atoms with Crippen LogP contribution in [0.25, 0.3) is 0 Å². The number of carbonyl (C=O) groups is 1. The third-order valence-corrected chi connectivity index (χ3v) is 5.86. The van der Waals surface area contributed by atoms with E-state index in [1.165, 1.54) is 18.2 Å². The average Bonchev–Trinajstić information content (AvgIpc) is 2.59. The van der Waals surface area contributed by atoms with Crippen molar-refractivity contribution in [2.75, 3.05) is 13.1 Å². The van der Waals surface area contributed by atoms with Gasteiger partial charge in [0.25, 0.3) is 5.91 Å². The Morgan fingerprint density at radius 3 is 2.52 bits per heavy atom. The zero-order valence-electron chi connectivity index (χ0n) is 14.5. The normalized spacial score (nSPS) is 20.6. The molecule has 1 aliphatic carbocycles. The summed E-state index contributed by atoms with van der Waals surface area (Å²) >= 11 is 0. The van der Waals surface area contributed by atoms with E-state index in [4.69, 9.17) is 5.73 Å². The molecule has 2 atom stereocenters. The number of carbonyl (C=O) groups excluding carboxylic acids is 1. The van der Waals surface area contributed by atoms with Crippen LogP contribution in [-0.4, -0.2) is 39.6 Å². The van der Waals surface area contributed by atoms with Crippen molar-refractivity contribution in [2.45, 2.75) is 42.8 Å². The summed E-state index contributed by atoms with van der Waals surface area (Å²) in [4.78, 5) is 11.6. The van der Waals surface area contributed by atoms with E-state index in [1.54, 1.807) is 5.32 Å². The van der Waals surface area contributed by atoms with Gasteiger partial charge in [-0.3, -0.25) is 4.79 Å². The third-order valence-electron chi connectivity index (χ3n) is 4.37. The molecule has 2 rings (SSSR count). The summed E-state index contributed by atoms with van der Waals surface area (Å²) in [5.74, 6) is -0.950. The molecule has 1 aliphatic rings. The lowest BCUT2D eigenvalue weighted by atomic mass is 9.85. The molecule has 0 aliphatic heterocycles. The topological polar surface area (TPSA) is 101 Å². The van der Waals surface area contributed by atoms with Gasteiger partial charge in [0.2, 0.25) is 10.0 Å². The van der Waals surface area contributed by atoms with Crippen LogP contribution in [0.1, 0.15) is 36.0 Å². The number of sulfonamides is 1. The van der Waals surface area contributed by atoms with Gasteiger partial charge in [0.1, 0.15) is 6.54 Å². The van der Waals surface area contributed by atoms with Crippen molar-refractivity contribution in [3.8, 4) is 0 Å². The van der Waals surface area contributed by atoms with Gasteiger partial charge in [0.05, 0.1) is 4.90 Å². The predicted molar refractivity (Wildman–Crippen MR) is 97.2 cm³/mol. The Labute approximate surface area is 162 Å². The lowest BCUT2D eigenvalue weighted by molar-refractivity contribution is -0.123. The lowest BCUT2D eigenvalue weighted by Crippen LogP contribution is -2.44. The summed E-state index contributed by atoms with van der Waals surface area (Å²) in [6.45, 7) is -1.12. The molecular weight excluding hydrogens is 407 g/mol. The molecule has 4 N–H and O–H groups in total. The van der Waals surface area contributed by atoms with E-state index in [0.29, 0.717) is 13.0 Å². The molecule has 1 saturated carbocycles. The molecule has 1 aromatic carbocycles. The van der Waals surface area contributed by atoms with E-state index in [0.717, 1.165) is 25.3 Å². The second kappa shape index (κ2) is 9.72. The SMILES string of the molecule is Cl.NCC1CCCCC1NS(=O)(=O)c1cccc(C(=O)NCC(F)(F)F)c1. The van der Waals surface area contributed by atoms with Gasteiger partial charge < -0.3 is 11.1 Å². The number of halogens is 4. The molecular formula is C16H23ClF3N3O3S. The third kappa shape index (κ3) is 6.95. The van der Waals surface area contributed by atoms with E-state index in [9.17, 15) is 26.4 Å². The molecule has 2 unspecified atom stereocenters. The van der Waals surface area contributed by atoms with Crippen LogP contribution in [0, 0.1) is 5.92 Å². The largest absolute Gasteiger partial charge is 0.405 e. The van der Waals surface area contributed by atoms with Gasteiger partial charge in [-0.05, 0) is 43.5 Å². The Balaban J connectivity index is 0.00000364. The summed E-state index contributed by atoms with van der Waals surface area (Å²) < 4.78 is 64.4. The highest BCUT2D eigenvalue weighted by Crippen LogP contribution is 2.25. The average molecular weight is 430 g/mol. The first-order valence-corrected chi connectivity index (χ1v) is 9.78. The number of hydrogen-bond donors (Lipinski definition) is 3. The zero-order valence-corrected chi connectivity index (χ0v) is 16.1. The van der Waals surface area contributed by atoms with Crippen molar-refractivity contribution in [3.05, 3.63) is 29.8 Å². The highest BCUT2D eigenvalue weighted by molar-refractivity contribution is 7.89. The van der Waals surface area contributed by atoms with Crippen LogP contribution in [0.3, 0.4) is 0 Å². The number of benzene rings is 1. The molecule has 1 aromatic rings. The predicted octanol–water partition coefficient (Wildman–Crippen LogP) is 2.20. The van der Waals surface area contributed by atoms with Crippen molar-refractivity contribution in [3.63, 3.8) is 0 Å². The number of nitrogens with two attached hydrogens (primary N) is 1. The van der Waals surface area contributed by atoms with Crippen LogP contribution in [0.5, 0.6) is 0 Å². The van der Waals surface area contributed by atoms with E-state index in [1.807, 2.05) is 0 Å². The molecule has 11 heteroatoms. The van der Waals surface area contributed by atoms with Crippen LogP contribution in [0.4, 0.5) is 13.2 Å². The van der Waals surface area contributed by atoms with Crippen molar-refractivity contribution in [2.24, 2.45) is 11.7 Å². The smallest absolute Gasteiger partial charge is 0.343 e. The van der Waals surface area contributed by atoms with Crippen molar-refractivity contribution >= 4 is 28.3 Å². The minimum Gasteiger partial charge on any atom is -0.343 e. The standard InChI is InChI=1S/C16H22F3N3O3S.ClH/c17-16(18,19)10-21-15(23)11-5-3-6-13(8-11)26(24,25)22-14-7-2-1-4-12(14)9-20;/h3,5-6,8,12,14,22H,1-2,4,7,9-10,20H2,(H,21,23);1H. The molecule has 0 saturated heterocycles. The minimum absolute atomic E-state index is 0. The fraction of sp³-hybridized carbons (Fsp3) is 0.562. The van der Waals surface area contributed by atoms with Gasteiger partial charge in [0.15, 0.2) is 0 Å². The van der Waals surface area contributed by atoms with E-state index in [2.05, 4.69) is 4.72 Å². The Kier molecular flexibility index (Phi) is 8.52. The molecule has 0 bridgehead atoms. The molecule has 0 spiro atoms. The Morgan fingerprint density at radius 2 is 1.89 bits per heavy atom. The Hall–Kier alpha value is -1.36. The molecule has 6 nitrogen and oxygen atoms in total. The van der Waals surface area contributed by atoms with Crippen molar-refractivity contribution in [1.29, 1.82) is 0 Å². The summed E-state index contributed by atoms with van der Waals surface area (Å²) in [6, 6.07) is 4.64. The Bertz CT molecular complexity index is 744. The molecule has 154 valence electrons. The monoisotopic (exact) mass is 429 g/mol. The van der Waals surface area contributed by atoms with Crippen molar-refractivity contribution in [1.82, 2.24) is 10.0 Å². The number of alkyl halides is 3. The molecule has 1 fully saturated rings. The molecule has 0 aromatic heterocycles. The maximum absolute atomic E-state index is 12.6. The maximum atomic E-state index is 12.6. The fourth-order valence-corrected chi connectivity index (χ4v) is 4.38. The van der Waals surface area contributed by atoms with Gasteiger partial charge in [-0.25, -0.2) is 13.1 Å². The van der Waals surface area contributed by atoms with Crippen LogP contribution in [0.2, 0.25) is 0 Å². The highest BCUT2D eigenvalue weighted by Gasteiger charge is 2.30. The zero-order chi connectivity index (χ0) is 19.4. The van der Waals surface area contributed by atoms with Crippen molar-refractivity contribution < 1.29 is 26.4 Å². The van der Waals surface area contributed by atoms with Gasteiger partial charge in [0, 0.05) is 11.6 Å². The number of rotatable bonds is 6. The summed E-state index contributed by atoms with van der Waals surface area (Å²) in [7, 11) is -3.91. The molecule has 0 radical (unpaired) electrons. The lowest BCUT2D eigenvalue weighted by Gasteiger charge is -2.31. The summed E-state index contributed by atoms with van der Waals surface area (Å²) in [5.41, 5.74) is 5.55. The van der Waals surface area contributed by atoms with E-state index < -0.39 is 28.7 Å². The summed E-state index contributed by atoms with van der Waals surface area (Å²) in [5, 5.41) is 1.72. The van der Waals surface area contributed by atoms with Gasteiger partial charge in [-0.2, -0.15) is 13.2 Å². The summed E-state index contributed by atoms with van der Waals surface area (Å²) in [6.07, 6.45) is -1.14. The Morgan fingerprint density at radius 1 is 1.22 bits per heavy atom. The van der Waals surface area contributed by atoms with Gasteiger partial charge >= 0.3 is 6.18 Å². The second-order valence-electron chi connectivity index (χ2n) is 6.33. The number of nitrogens with one attached hydrogen (secondary N) is 2. The number of amides is 1. The number of hydrogen-bond acceptors (Lipinski definition) is 4. The van der Waals surface area contributed by atoms with Gasteiger partial charge in [-0.1, -0.05) is 18.9 Å². The second-order valence-corrected chi connectivity index (χ2v) is 8.05. The van der Waals surface area contributed by atoms with Gasteiger partial charge in [-0.15, -0.1) is 12.4 Å². The van der Waals surface area contributed by atoms with E-state index in [-0.39, 0.29) is 34.8 Å². The first kappa shape index (κ1) is 23.7. The first-order chi connectivity index (χ1) is 12.1. The first-order valence-electron chi connectivity index (χ1n) is 8.30. The quantitative estimate of drug-likeness (QED) is 0.645. The molecule has 27 heavy (non-hydrogen) atoms. The molecule has 0 heterocycles. The maximum Gasteiger partial charge on any atom is 0.405 e. The van der Waals surface area contributed by atoms with Crippen LogP contribution < -0.4 is 15.8 Å². The minimum atomic E-state index is -4.54. The van der Waals surface area contributed by atoms with Crippen LogP contribution in [-0.2, 0) is 10.0 Å². The fourth-order valence-electron chi connectivity index (χ4n) is 3.00. The van der Waals surface area contributed by atoms with Crippen LogP contribution in [0.15, 0.2) is 29.2 Å². The molecule has 1 amide bonds. The highest BCUT2D eigenvalue weighted by atomic mass is 35.5.